The predicted molar refractivity (Wildman–Crippen MR) is 84.7 cm³/mol. The highest BCUT2D eigenvalue weighted by molar-refractivity contribution is 8.02. The highest BCUT2D eigenvalue weighted by atomic mass is 32.2. The molecule has 1 aliphatic heterocycles. The largest absolute Gasteiger partial charge is 0.348 e. The number of hydrogen-bond acceptors (Lipinski definition) is 4. The molecule has 1 aromatic carbocycles. The first-order chi connectivity index (χ1) is 10.2. The molecule has 2 atom stereocenters. The number of thioether (sulfide) groups is 1. The van der Waals surface area contributed by atoms with Gasteiger partial charge in [0.15, 0.2) is 0 Å². The molecule has 110 valence electrons. The van der Waals surface area contributed by atoms with E-state index in [4.69, 9.17) is 0 Å². The molecular weight excluding hydrogens is 282 g/mol. The summed E-state index contributed by atoms with van der Waals surface area (Å²) in [7, 11) is 0. The molecule has 1 aliphatic rings. The van der Waals surface area contributed by atoms with Crippen LogP contribution in [0.5, 0.6) is 0 Å². The molecule has 4 N–H and O–H groups in total. The van der Waals surface area contributed by atoms with Crippen LogP contribution in [-0.2, 0) is 0 Å². The minimum absolute atomic E-state index is 0.125. The van der Waals surface area contributed by atoms with Crippen LogP contribution in [0.2, 0.25) is 0 Å². The van der Waals surface area contributed by atoms with Crippen molar-refractivity contribution >= 4 is 17.5 Å². The van der Waals surface area contributed by atoms with Gasteiger partial charge in [-0.2, -0.15) is 0 Å². The van der Waals surface area contributed by atoms with E-state index in [0.29, 0.717) is 5.92 Å². The Labute approximate surface area is 128 Å². The highest BCUT2D eigenvalue weighted by Crippen LogP contribution is 2.30. The van der Waals surface area contributed by atoms with Gasteiger partial charge in [0, 0.05) is 11.3 Å². The normalized spacial score (nSPS) is 16.6. The quantitative estimate of drug-likeness (QED) is 0.909. The summed E-state index contributed by atoms with van der Waals surface area (Å²) in [6.07, 6.45) is 1.07. The minimum atomic E-state index is 0.125. The molecule has 2 aromatic rings. The van der Waals surface area contributed by atoms with E-state index in [1.54, 1.807) is 11.8 Å². The third-order valence-corrected chi connectivity index (χ3v) is 4.75. The van der Waals surface area contributed by atoms with Gasteiger partial charge in [-0.25, -0.2) is 4.68 Å². The second kappa shape index (κ2) is 5.91. The molecule has 0 aliphatic carbocycles. The number of benzene rings is 1. The summed E-state index contributed by atoms with van der Waals surface area (Å²) in [4.78, 5) is 0. The lowest BCUT2D eigenvalue weighted by Crippen LogP contribution is -2.57. The summed E-state index contributed by atoms with van der Waals surface area (Å²) >= 11 is 1.59. The molecule has 21 heavy (non-hydrogen) atoms. The molecule has 0 saturated carbocycles. The maximum atomic E-state index is 4.33. The van der Waals surface area contributed by atoms with Crippen molar-refractivity contribution in [3.8, 4) is 0 Å². The Balaban J connectivity index is 1.89. The summed E-state index contributed by atoms with van der Waals surface area (Å²) in [5, 5.41) is 11.5. The van der Waals surface area contributed by atoms with Gasteiger partial charge in [-0.05, 0) is 12.0 Å². The maximum absolute atomic E-state index is 4.33. The third kappa shape index (κ3) is 2.69. The van der Waals surface area contributed by atoms with E-state index in [-0.39, 0.29) is 6.04 Å². The van der Waals surface area contributed by atoms with Crippen LogP contribution in [0.15, 0.2) is 40.9 Å². The summed E-state index contributed by atoms with van der Waals surface area (Å²) in [6.45, 7) is 4.37. The second-order valence-corrected chi connectivity index (χ2v) is 6.13. The van der Waals surface area contributed by atoms with Gasteiger partial charge in [0.05, 0.1) is 5.70 Å². The zero-order valence-corrected chi connectivity index (χ0v) is 13.1. The SMILES string of the molecule is CC[C@H](C)[C@H]([NH3+])c1nnc2n1NC(c1ccccc1)=CS2. The van der Waals surface area contributed by atoms with E-state index in [2.05, 4.69) is 52.7 Å². The van der Waals surface area contributed by atoms with Gasteiger partial charge < -0.3 is 5.73 Å². The van der Waals surface area contributed by atoms with Crippen molar-refractivity contribution in [2.45, 2.75) is 31.5 Å². The lowest BCUT2D eigenvalue weighted by molar-refractivity contribution is -0.442. The molecule has 0 saturated heterocycles. The summed E-state index contributed by atoms with van der Waals surface area (Å²) < 4.78 is 1.97. The van der Waals surface area contributed by atoms with E-state index in [0.717, 1.165) is 28.7 Å². The van der Waals surface area contributed by atoms with E-state index in [1.807, 2.05) is 22.9 Å². The van der Waals surface area contributed by atoms with E-state index < -0.39 is 0 Å². The van der Waals surface area contributed by atoms with Gasteiger partial charge in [0.25, 0.3) is 0 Å². The van der Waals surface area contributed by atoms with Crippen molar-refractivity contribution in [3.63, 3.8) is 0 Å². The fourth-order valence-corrected chi connectivity index (χ4v) is 3.00. The van der Waals surface area contributed by atoms with Crippen LogP contribution in [-0.4, -0.2) is 14.9 Å². The third-order valence-electron chi connectivity index (χ3n) is 3.92. The molecule has 0 bridgehead atoms. The molecule has 5 nitrogen and oxygen atoms in total. The Morgan fingerprint density at radius 1 is 1.29 bits per heavy atom. The number of fused-ring (bicyclic) bond motifs is 1. The molecule has 3 rings (SSSR count). The molecule has 0 radical (unpaired) electrons. The maximum Gasteiger partial charge on any atom is 0.214 e. The van der Waals surface area contributed by atoms with E-state index in [9.17, 15) is 0 Å². The number of hydrogen-bond donors (Lipinski definition) is 2. The van der Waals surface area contributed by atoms with Crippen molar-refractivity contribution in [1.82, 2.24) is 14.9 Å². The number of nitrogens with one attached hydrogen (secondary N) is 1. The standard InChI is InChI=1S/C15H19N5S/c1-3-10(2)13(16)14-17-18-15-20(14)19-12(9-21-15)11-7-5-4-6-8-11/h4-10,13,19H,3,16H2,1-2H3/p+1/t10-,13-/m0/s1. The zero-order chi connectivity index (χ0) is 14.8. The molecule has 1 aromatic heterocycles. The van der Waals surface area contributed by atoms with Gasteiger partial charge in [-0.3, -0.25) is 5.43 Å². The first kappa shape index (κ1) is 14.2. The van der Waals surface area contributed by atoms with Gasteiger partial charge >= 0.3 is 0 Å². The van der Waals surface area contributed by atoms with Crippen LogP contribution in [0.1, 0.15) is 37.7 Å². The Hall–Kier alpha value is -1.79. The van der Waals surface area contributed by atoms with Crippen LogP contribution < -0.4 is 11.2 Å². The van der Waals surface area contributed by atoms with Crippen LogP contribution in [0.25, 0.3) is 5.70 Å². The monoisotopic (exact) mass is 302 g/mol. The highest BCUT2D eigenvalue weighted by Gasteiger charge is 2.27. The number of aromatic nitrogens is 3. The van der Waals surface area contributed by atoms with Crippen molar-refractivity contribution in [2.24, 2.45) is 5.92 Å². The smallest absolute Gasteiger partial charge is 0.214 e. The van der Waals surface area contributed by atoms with Gasteiger partial charge in [-0.15, -0.1) is 10.2 Å². The van der Waals surface area contributed by atoms with E-state index >= 15 is 0 Å². The average molecular weight is 302 g/mol. The fourth-order valence-electron chi connectivity index (χ4n) is 2.25. The minimum Gasteiger partial charge on any atom is -0.348 e. The van der Waals surface area contributed by atoms with Crippen LogP contribution >= 0.6 is 11.8 Å². The Bertz CT molecular complexity index is 649. The summed E-state index contributed by atoms with van der Waals surface area (Å²) in [5.41, 5.74) is 9.89. The van der Waals surface area contributed by atoms with Crippen molar-refractivity contribution < 1.29 is 5.73 Å². The molecule has 0 fully saturated rings. The molecule has 0 unspecified atom stereocenters. The van der Waals surface area contributed by atoms with Gasteiger partial charge in [0.1, 0.15) is 6.04 Å². The molecule has 0 amide bonds. The Morgan fingerprint density at radius 3 is 2.76 bits per heavy atom. The molecule has 6 heteroatoms. The molecule has 0 spiro atoms. The fraction of sp³-hybridized carbons (Fsp3) is 0.333. The van der Waals surface area contributed by atoms with Crippen molar-refractivity contribution in [1.29, 1.82) is 0 Å². The lowest BCUT2D eigenvalue weighted by Gasteiger charge is -2.21. The summed E-state index contributed by atoms with van der Waals surface area (Å²) in [6, 6.07) is 10.4. The van der Waals surface area contributed by atoms with Gasteiger partial charge in [-0.1, -0.05) is 55.9 Å². The summed E-state index contributed by atoms with van der Waals surface area (Å²) in [5.74, 6) is 1.37. The topological polar surface area (TPSA) is 70.4 Å². The first-order valence-corrected chi connectivity index (χ1v) is 8.06. The van der Waals surface area contributed by atoms with E-state index in [1.165, 1.54) is 0 Å². The number of quaternary nitrogens is 1. The van der Waals surface area contributed by atoms with Crippen molar-refractivity contribution in [2.75, 3.05) is 5.43 Å². The molecular formula is C15H20N5S+. The zero-order valence-electron chi connectivity index (χ0n) is 12.3. The number of nitrogens with zero attached hydrogens (tertiary/aromatic N) is 3. The predicted octanol–water partition coefficient (Wildman–Crippen LogP) is 2.25. The molecule has 2 heterocycles. The van der Waals surface area contributed by atoms with Gasteiger partial charge in [0.2, 0.25) is 11.0 Å². The first-order valence-electron chi connectivity index (χ1n) is 7.18. The Morgan fingerprint density at radius 2 is 2.05 bits per heavy atom. The van der Waals surface area contributed by atoms with Crippen molar-refractivity contribution in [3.05, 3.63) is 47.1 Å². The lowest BCUT2D eigenvalue weighted by atomic mass is 10.00. The van der Waals surface area contributed by atoms with Crippen LogP contribution in [0.3, 0.4) is 0 Å². The average Bonchev–Trinajstić information content (AvgIpc) is 2.97. The number of rotatable bonds is 4. The Kier molecular flexibility index (Phi) is 3.98. The van der Waals surface area contributed by atoms with Crippen LogP contribution in [0, 0.1) is 5.92 Å². The second-order valence-electron chi connectivity index (χ2n) is 5.30. The van der Waals surface area contributed by atoms with Crippen LogP contribution in [0.4, 0.5) is 0 Å².